The van der Waals surface area contributed by atoms with Gasteiger partial charge in [0.05, 0.1) is 0 Å². The molecule has 1 aliphatic rings. The van der Waals surface area contributed by atoms with Crippen molar-refractivity contribution in [3.8, 4) is 0 Å². The molecule has 9 heavy (non-hydrogen) atoms. The molecule has 2 nitrogen and oxygen atoms in total. The summed E-state index contributed by atoms with van der Waals surface area (Å²) in [7, 11) is 0. The van der Waals surface area contributed by atoms with E-state index < -0.39 is 6.29 Å². The van der Waals surface area contributed by atoms with Crippen LogP contribution in [0.3, 0.4) is 0 Å². The van der Waals surface area contributed by atoms with Gasteiger partial charge in [-0.3, -0.25) is 0 Å². The van der Waals surface area contributed by atoms with E-state index in [4.69, 9.17) is 10.2 Å². The maximum absolute atomic E-state index is 8.71. The van der Waals surface area contributed by atoms with Gasteiger partial charge in [-0.15, -0.1) is 0 Å². The van der Waals surface area contributed by atoms with Crippen LogP contribution in [-0.2, 0) is 0 Å². The number of hydrogen-bond acceptors (Lipinski definition) is 4. The van der Waals surface area contributed by atoms with Crippen LogP contribution in [0.2, 0.25) is 0 Å². The molecule has 1 fully saturated rings. The summed E-state index contributed by atoms with van der Waals surface area (Å²) in [4.78, 5) is 0. The molecule has 1 saturated heterocycles. The first-order valence-electron chi connectivity index (χ1n) is 2.82. The number of aliphatic hydroxyl groups is 2. The zero-order chi connectivity index (χ0) is 6.69. The van der Waals surface area contributed by atoms with E-state index in [-0.39, 0.29) is 5.92 Å². The predicted octanol–water partition coefficient (Wildman–Crippen LogP) is 0.351. The third-order valence-corrected chi connectivity index (χ3v) is 3.91. The SMILES string of the molecule is OC(O)C1CSCSC1. The van der Waals surface area contributed by atoms with Crippen molar-refractivity contribution in [3.63, 3.8) is 0 Å². The first-order chi connectivity index (χ1) is 4.30. The van der Waals surface area contributed by atoms with E-state index in [1.807, 2.05) is 0 Å². The van der Waals surface area contributed by atoms with E-state index in [1.54, 1.807) is 23.5 Å². The summed E-state index contributed by atoms with van der Waals surface area (Å²) < 4.78 is 0. The zero-order valence-corrected chi connectivity index (χ0v) is 6.62. The smallest absolute Gasteiger partial charge is 0.155 e. The van der Waals surface area contributed by atoms with E-state index in [0.717, 1.165) is 16.6 Å². The number of thioether (sulfide) groups is 2. The summed E-state index contributed by atoms with van der Waals surface area (Å²) in [5, 5.41) is 18.5. The fraction of sp³-hybridized carbons (Fsp3) is 1.00. The molecule has 0 aromatic heterocycles. The molecule has 0 radical (unpaired) electrons. The highest BCUT2D eigenvalue weighted by Crippen LogP contribution is 2.26. The minimum absolute atomic E-state index is 0.0914. The quantitative estimate of drug-likeness (QED) is 0.552. The molecule has 0 aromatic rings. The molecular formula is C5H10O2S2. The van der Waals surface area contributed by atoms with Crippen LogP contribution in [0.15, 0.2) is 0 Å². The molecule has 2 N–H and O–H groups in total. The predicted molar refractivity (Wildman–Crippen MR) is 41.5 cm³/mol. The highest BCUT2D eigenvalue weighted by molar-refractivity contribution is 8.16. The van der Waals surface area contributed by atoms with Crippen LogP contribution in [0.1, 0.15) is 0 Å². The summed E-state index contributed by atoms with van der Waals surface area (Å²) >= 11 is 3.55. The Bertz CT molecular complexity index is 81.0. The molecule has 0 aromatic carbocycles. The fourth-order valence-corrected chi connectivity index (χ4v) is 3.25. The molecule has 0 atom stereocenters. The van der Waals surface area contributed by atoms with E-state index >= 15 is 0 Å². The molecule has 54 valence electrons. The Morgan fingerprint density at radius 1 is 1.22 bits per heavy atom. The average molecular weight is 166 g/mol. The van der Waals surface area contributed by atoms with Crippen molar-refractivity contribution >= 4 is 23.5 Å². The lowest BCUT2D eigenvalue weighted by molar-refractivity contribution is -0.0704. The van der Waals surface area contributed by atoms with Crippen molar-refractivity contribution in [1.82, 2.24) is 0 Å². The second kappa shape index (κ2) is 3.71. The van der Waals surface area contributed by atoms with Gasteiger partial charge < -0.3 is 10.2 Å². The lowest BCUT2D eigenvalue weighted by atomic mass is 10.2. The van der Waals surface area contributed by atoms with Crippen molar-refractivity contribution in [2.75, 3.05) is 16.6 Å². The Morgan fingerprint density at radius 2 is 1.78 bits per heavy atom. The third kappa shape index (κ3) is 2.37. The standard InChI is InChI=1S/C5H10O2S2/c6-5(7)4-1-8-3-9-2-4/h4-7H,1-3H2. The van der Waals surface area contributed by atoms with Gasteiger partial charge in [-0.1, -0.05) is 0 Å². The van der Waals surface area contributed by atoms with Crippen LogP contribution in [0.5, 0.6) is 0 Å². The van der Waals surface area contributed by atoms with Gasteiger partial charge in [0.1, 0.15) is 0 Å². The summed E-state index contributed by atoms with van der Waals surface area (Å²) in [6, 6.07) is 0. The largest absolute Gasteiger partial charge is 0.368 e. The summed E-state index contributed by atoms with van der Waals surface area (Å²) in [5.41, 5.74) is 0. The van der Waals surface area contributed by atoms with Crippen LogP contribution < -0.4 is 0 Å². The Morgan fingerprint density at radius 3 is 2.11 bits per heavy atom. The molecule has 0 aliphatic carbocycles. The maximum Gasteiger partial charge on any atom is 0.155 e. The summed E-state index contributed by atoms with van der Waals surface area (Å²) in [5.74, 6) is 1.88. The molecular weight excluding hydrogens is 156 g/mol. The minimum atomic E-state index is -1.11. The van der Waals surface area contributed by atoms with E-state index in [9.17, 15) is 0 Å². The lowest BCUT2D eigenvalue weighted by Crippen LogP contribution is -2.26. The number of aliphatic hydroxyl groups excluding tert-OH is 1. The highest BCUT2D eigenvalue weighted by atomic mass is 32.2. The van der Waals surface area contributed by atoms with Gasteiger partial charge in [0, 0.05) is 22.5 Å². The normalized spacial score (nSPS) is 23.0. The van der Waals surface area contributed by atoms with Gasteiger partial charge in [-0.05, 0) is 0 Å². The van der Waals surface area contributed by atoms with Crippen LogP contribution in [0, 0.1) is 5.92 Å². The summed E-state index contributed by atoms with van der Waals surface area (Å²) in [6.07, 6.45) is -1.11. The molecule has 0 saturated carbocycles. The Hall–Kier alpha value is 0.620. The molecule has 0 bridgehead atoms. The van der Waals surface area contributed by atoms with E-state index in [0.29, 0.717) is 0 Å². The van der Waals surface area contributed by atoms with E-state index in [1.165, 1.54) is 0 Å². The molecule has 4 heteroatoms. The fourth-order valence-electron chi connectivity index (χ4n) is 0.678. The van der Waals surface area contributed by atoms with Crippen LogP contribution in [-0.4, -0.2) is 33.1 Å². The van der Waals surface area contributed by atoms with Crippen molar-refractivity contribution < 1.29 is 10.2 Å². The van der Waals surface area contributed by atoms with Gasteiger partial charge >= 0.3 is 0 Å². The third-order valence-electron chi connectivity index (χ3n) is 1.25. The van der Waals surface area contributed by atoms with Gasteiger partial charge in [-0.2, -0.15) is 23.5 Å². The van der Waals surface area contributed by atoms with Gasteiger partial charge in [-0.25, -0.2) is 0 Å². The topological polar surface area (TPSA) is 40.5 Å². The maximum atomic E-state index is 8.71. The Kier molecular flexibility index (Phi) is 3.18. The lowest BCUT2D eigenvalue weighted by Gasteiger charge is -2.21. The van der Waals surface area contributed by atoms with Crippen LogP contribution >= 0.6 is 23.5 Å². The second-order valence-corrected chi connectivity index (χ2v) is 4.46. The Labute approximate surface area is 63.0 Å². The molecule has 1 rings (SSSR count). The number of hydrogen-bond donors (Lipinski definition) is 2. The molecule has 0 amide bonds. The van der Waals surface area contributed by atoms with Crippen molar-refractivity contribution in [3.05, 3.63) is 0 Å². The van der Waals surface area contributed by atoms with Crippen LogP contribution in [0.4, 0.5) is 0 Å². The monoisotopic (exact) mass is 166 g/mol. The van der Waals surface area contributed by atoms with Gasteiger partial charge in [0.15, 0.2) is 6.29 Å². The zero-order valence-electron chi connectivity index (χ0n) is 4.99. The Balaban J connectivity index is 2.23. The first kappa shape index (κ1) is 7.72. The van der Waals surface area contributed by atoms with Crippen molar-refractivity contribution in [2.45, 2.75) is 6.29 Å². The highest BCUT2D eigenvalue weighted by Gasteiger charge is 2.19. The molecule has 0 unspecified atom stereocenters. The molecule has 1 aliphatic heterocycles. The van der Waals surface area contributed by atoms with Gasteiger partial charge in [0.25, 0.3) is 0 Å². The molecule has 1 heterocycles. The average Bonchev–Trinajstić information content (AvgIpc) is 1.90. The second-order valence-electron chi connectivity index (χ2n) is 2.03. The first-order valence-corrected chi connectivity index (χ1v) is 5.13. The van der Waals surface area contributed by atoms with Crippen LogP contribution in [0.25, 0.3) is 0 Å². The van der Waals surface area contributed by atoms with Crippen molar-refractivity contribution in [2.24, 2.45) is 5.92 Å². The van der Waals surface area contributed by atoms with E-state index in [2.05, 4.69) is 0 Å². The molecule has 0 spiro atoms. The summed E-state index contributed by atoms with van der Waals surface area (Å²) in [6.45, 7) is 0. The van der Waals surface area contributed by atoms with Crippen molar-refractivity contribution in [1.29, 1.82) is 0 Å². The number of rotatable bonds is 1. The van der Waals surface area contributed by atoms with Gasteiger partial charge in [0.2, 0.25) is 0 Å². The minimum Gasteiger partial charge on any atom is -0.368 e.